The van der Waals surface area contributed by atoms with Gasteiger partial charge in [0, 0.05) is 6.04 Å². The monoisotopic (exact) mass is 267 g/mol. The van der Waals surface area contributed by atoms with Gasteiger partial charge in [0.1, 0.15) is 17.2 Å². The minimum Gasteiger partial charge on any atom is -0.507 e. The Labute approximate surface area is 110 Å². The second kappa shape index (κ2) is 5.71. The van der Waals surface area contributed by atoms with Crippen LogP contribution in [0.15, 0.2) is 0 Å². The Morgan fingerprint density at radius 1 is 1.00 bits per heavy atom. The fraction of sp³-hybridized carbons (Fsp3) is 0.385. The number of rotatable bonds is 5. The zero-order valence-corrected chi connectivity index (χ0v) is 10.8. The summed E-state index contributed by atoms with van der Waals surface area (Å²) in [5.41, 5.74) is 4.86. The van der Waals surface area contributed by atoms with Crippen LogP contribution in [-0.4, -0.2) is 27.9 Å². The topological polar surface area (TPSA) is 121 Å². The number of hydrogen-bond acceptors (Lipinski definition) is 6. The molecule has 6 heteroatoms. The van der Waals surface area contributed by atoms with Crippen molar-refractivity contribution >= 4 is 12.6 Å². The van der Waals surface area contributed by atoms with E-state index in [-0.39, 0.29) is 24.1 Å². The molecule has 0 aliphatic carbocycles. The molecule has 5 N–H and O–H groups in total. The molecule has 0 radical (unpaired) electrons. The van der Waals surface area contributed by atoms with Crippen molar-refractivity contribution in [1.29, 1.82) is 0 Å². The van der Waals surface area contributed by atoms with Crippen LogP contribution in [0.3, 0.4) is 0 Å². The molecule has 0 heterocycles. The molecule has 0 aromatic heterocycles. The molecule has 19 heavy (non-hydrogen) atoms. The van der Waals surface area contributed by atoms with Gasteiger partial charge in [-0.1, -0.05) is 13.8 Å². The zero-order valence-electron chi connectivity index (χ0n) is 10.8. The summed E-state index contributed by atoms with van der Waals surface area (Å²) in [6, 6.07) is -0.752. The molecule has 0 saturated heterocycles. The molecule has 0 spiro atoms. The van der Waals surface area contributed by atoms with Crippen LogP contribution >= 0.6 is 0 Å². The minimum atomic E-state index is -0.752. The van der Waals surface area contributed by atoms with E-state index < -0.39 is 34.4 Å². The van der Waals surface area contributed by atoms with Crippen molar-refractivity contribution in [3.63, 3.8) is 0 Å². The van der Waals surface area contributed by atoms with Crippen molar-refractivity contribution in [3.8, 4) is 17.2 Å². The summed E-state index contributed by atoms with van der Waals surface area (Å²) in [6.45, 7) is 3.80. The predicted octanol–water partition coefficient (Wildman–Crippen LogP) is 1.47. The Bertz CT molecular complexity index is 475. The summed E-state index contributed by atoms with van der Waals surface area (Å²) in [5, 5.41) is 29.4. The van der Waals surface area contributed by atoms with Crippen LogP contribution in [0.1, 0.15) is 52.6 Å². The smallest absolute Gasteiger partial charge is 0.157 e. The molecule has 0 amide bonds. The van der Waals surface area contributed by atoms with Gasteiger partial charge in [-0.15, -0.1) is 0 Å². The maximum atomic E-state index is 10.9. The van der Waals surface area contributed by atoms with Crippen molar-refractivity contribution in [2.45, 2.75) is 26.3 Å². The molecule has 0 bridgehead atoms. The highest BCUT2D eigenvalue weighted by Crippen LogP contribution is 2.43. The molecule has 1 rings (SSSR count). The summed E-state index contributed by atoms with van der Waals surface area (Å²) in [4.78, 5) is 21.7. The maximum absolute atomic E-state index is 10.9. The van der Waals surface area contributed by atoms with Gasteiger partial charge in [-0.2, -0.15) is 0 Å². The molecular formula is C13H17NO5. The maximum Gasteiger partial charge on any atom is 0.157 e. The number of phenols is 3. The first-order valence-electron chi connectivity index (χ1n) is 5.81. The second-order valence-corrected chi connectivity index (χ2v) is 4.76. The van der Waals surface area contributed by atoms with E-state index in [1.165, 1.54) is 0 Å². The van der Waals surface area contributed by atoms with E-state index in [9.17, 15) is 24.9 Å². The normalized spacial score (nSPS) is 12.4. The summed E-state index contributed by atoms with van der Waals surface area (Å²) in [5.74, 6) is -1.75. The van der Waals surface area contributed by atoms with Crippen LogP contribution in [-0.2, 0) is 0 Å². The molecule has 0 aliphatic rings. The highest BCUT2D eigenvalue weighted by atomic mass is 16.3. The van der Waals surface area contributed by atoms with Crippen LogP contribution in [0.2, 0.25) is 0 Å². The largest absolute Gasteiger partial charge is 0.507 e. The van der Waals surface area contributed by atoms with Gasteiger partial charge in [-0.05, 0) is 12.3 Å². The van der Waals surface area contributed by atoms with Crippen molar-refractivity contribution in [2.75, 3.05) is 0 Å². The average molecular weight is 267 g/mol. The molecule has 1 aromatic rings. The molecule has 0 aliphatic heterocycles. The Morgan fingerprint density at radius 3 is 1.74 bits per heavy atom. The predicted molar refractivity (Wildman–Crippen MR) is 68.6 cm³/mol. The molecule has 6 nitrogen and oxygen atoms in total. The summed E-state index contributed by atoms with van der Waals surface area (Å²) in [6.07, 6.45) is 0.855. The zero-order chi connectivity index (χ0) is 14.7. The molecule has 1 aromatic carbocycles. The van der Waals surface area contributed by atoms with E-state index >= 15 is 0 Å². The van der Waals surface area contributed by atoms with Gasteiger partial charge in [-0.25, -0.2) is 0 Å². The van der Waals surface area contributed by atoms with Gasteiger partial charge in [0.15, 0.2) is 12.6 Å². The lowest BCUT2D eigenvalue weighted by molar-refractivity contribution is 0.111. The Kier molecular flexibility index (Phi) is 4.50. The van der Waals surface area contributed by atoms with E-state index in [0.717, 1.165) is 0 Å². The SMILES string of the molecule is CC(C)CC(N)c1c(O)c(C=O)c(O)c(C=O)c1O. The van der Waals surface area contributed by atoms with E-state index in [1.807, 2.05) is 13.8 Å². The van der Waals surface area contributed by atoms with Gasteiger partial charge >= 0.3 is 0 Å². The second-order valence-electron chi connectivity index (χ2n) is 4.76. The minimum absolute atomic E-state index is 0.101. The van der Waals surface area contributed by atoms with Crippen molar-refractivity contribution in [2.24, 2.45) is 11.7 Å². The highest BCUT2D eigenvalue weighted by molar-refractivity contribution is 5.94. The van der Waals surface area contributed by atoms with Crippen molar-refractivity contribution < 1.29 is 24.9 Å². The molecule has 1 unspecified atom stereocenters. The van der Waals surface area contributed by atoms with Crippen LogP contribution in [0, 0.1) is 5.92 Å². The van der Waals surface area contributed by atoms with Crippen LogP contribution in [0.25, 0.3) is 0 Å². The van der Waals surface area contributed by atoms with E-state index in [1.54, 1.807) is 0 Å². The third kappa shape index (κ3) is 2.68. The van der Waals surface area contributed by atoms with Crippen molar-refractivity contribution in [1.82, 2.24) is 0 Å². The standard InChI is InChI=1S/C13H17NO5/c1-6(2)3-9(14)10-12(18)7(4-15)11(17)8(5-16)13(10)19/h4-6,9,17-19H,3,14H2,1-2H3. The number of benzene rings is 1. The van der Waals surface area contributed by atoms with E-state index in [2.05, 4.69) is 0 Å². The number of nitrogens with two attached hydrogens (primary N) is 1. The van der Waals surface area contributed by atoms with Crippen LogP contribution < -0.4 is 5.73 Å². The number of aldehydes is 2. The summed E-state index contributed by atoms with van der Waals surface area (Å²) >= 11 is 0. The van der Waals surface area contributed by atoms with Gasteiger partial charge in [-0.3, -0.25) is 9.59 Å². The molecule has 0 fully saturated rings. The molecule has 104 valence electrons. The lowest BCUT2D eigenvalue weighted by Crippen LogP contribution is -2.14. The van der Waals surface area contributed by atoms with Gasteiger partial charge < -0.3 is 21.1 Å². The van der Waals surface area contributed by atoms with Crippen LogP contribution in [0.4, 0.5) is 0 Å². The van der Waals surface area contributed by atoms with E-state index in [4.69, 9.17) is 5.73 Å². The average Bonchev–Trinajstić information content (AvgIpc) is 2.28. The van der Waals surface area contributed by atoms with E-state index in [0.29, 0.717) is 6.42 Å². The number of carbonyl (C=O) groups is 2. The fourth-order valence-corrected chi connectivity index (χ4v) is 1.97. The number of hydrogen-bond donors (Lipinski definition) is 4. The highest BCUT2D eigenvalue weighted by Gasteiger charge is 2.26. The molecule has 0 saturated carbocycles. The Balaban J connectivity index is 3.54. The molecule has 1 atom stereocenters. The first-order valence-corrected chi connectivity index (χ1v) is 5.81. The first kappa shape index (κ1) is 15.0. The Morgan fingerprint density at radius 2 is 1.42 bits per heavy atom. The lowest BCUT2D eigenvalue weighted by atomic mass is 9.92. The van der Waals surface area contributed by atoms with Crippen molar-refractivity contribution in [3.05, 3.63) is 16.7 Å². The van der Waals surface area contributed by atoms with Gasteiger partial charge in [0.05, 0.1) is 16.7 Å². The lowest BCUT2D eigenvalue weighted by Gasteiger charge is -2.19. The molecular weight excluding hydrogens is 250 g/mol. The number of aromatic hydroxyl groups is 3. The Hall–Kier alpha value is -2.08. The third-order valence-corrected chi connectivity index (χ3v) is 2.86. The van der Waals surface area contributed by atoms with Gasteiger partial charge in [0.2, 0.25) is 0 Å². The quantitative estimate of drug-likeness (QED) is 0.599. The fourth-order valence-electron chi connectivity index (χ4n) is 1.97. The number of carbonyl (C=O) groups excluding carboxylic acids is 2. The van der Waals surface area contributed by atoms with Gasteiger partial charge in [0.25, 0.3) is 0 Å². The number of phenolic OH excluding ortho intramolecular Hbond substituents is 3. The summed E-state index contributed by atoms with van der Waals surface area (Å²) in [7, 11) is 0. The summed E-state index contributed by atoms with van der Waals surface area (Å²) < 4.78 is 0. The third-order valence-electron chi connectivity index (χ3n) is 2.86. The van der Waals surface area contributed by atoms with Crippen LogP contribution in [0.5, 0.6) is 17.2 Å². The first-order chi connectivity index (χ1) is 8.84.